The molecule has 0 radical (unpaired) electrons. The zero-order valence-electron chi connectivity index (χ0n) is 9.13. The van der Waals surface area contributed by atoms with Crippen molar-refractivity contribution in [3.63, 3.8) is 0 Å². The first kappa shape index (κ1) is 12.9. The fourth-order valence-corrected chi connectivity index (χ4v) is 1.24. The first-order chi connectivity index (χ1) is 8.15. The van der Waals surface area contributed by atoms with E-state index >= 15 is 0 Å². The highest BCUT2D eigenvalue weighted by molar-refractivity contribution is 5.98. The Morgan fingerprint density at radius 3 is 2.59 bits per heavy atom. The molecular weight excluding hydrogens is 220 g/mol. The number of ketones is 1. The second kappa shape index (κ2) is 6.40. The van der Waals surface area contributed by atoms with Gasteiger partial charge in [0.15, 0.2) is 12.4 Å². The maximum absolute atomic E-state index is 11.7. The molecule has 0 saturated heterocycles. The third-order valence-electron chi connectivity index (χ3n) is 2.08. The van der Waals surface area contributed by atoms with Crippen LogP contribution in [0.5, 0.6) is 0 Å². The van der Waals surface area contributed by atoms with E-state index in [1.54, 1.807) is 36.4 Å². The van der Waals surface area contributed by atoms with Crippen molar-refractivity contribution in [1.29, 1.82) is 5.26 Å². The zero-order chi connectivity index (χ0) is 12.7. The molecule has 88 valence electrons. The van der Waals surface area contributed by atoms with Crippen molar-refractivity contribution in [2.75, 3.05) is 6.61 Å². The van der Waals surface area contributed by atoms with Gasteiger partial charge in [0, 0.05) is 12.0 Å². The summed E-state index contributed by atoms with van der Waals surface area (Å²) in [5.41, 5.74) is 5.99. The first-order valence-electron chi connectivity index (χ1n) is 5.02. The second-order valence-electron chi connectivity index (χ2n) is 3.37. The van der Waals surface area contributed by atoms with Crippen LogP contribution in [-0.2, 0) is 9.53 Å². The van der Waals surface area contributed by atoms with Crippen LogP contribution in [0.25, 0.3) is 0 Å². The molecule has 0 fully saturated rings. The largest absolute Gasteiger partial charge is 0.449 e. The number of ether oxygens (including phenoxy) is 1. The molecule has 0 heterocycles. The van der Waals surface area contributed by atoms with Gasteiger partial charge in [-0.3, -0.25) is 9.59 Å². The van der Waals surface area contributed by atoms with Crippen LogP contribution in [0.15, 0.2) is 30.3 Å². The molecule has 5 nitrogen and oxygen atoms in total. The summed E-state index contributed by atoms with van der Waals surface area (Å²) in [6, 6.07) is 9.17. The number of nitrogens with two attached hydrogens (primary N) is 1. The maximum Gasteiger partial charge on any atom is 0.324 e. The monoisotopic (exact) mass is 232 g/mol. The van der Waals surface area contributed by atoms with Gasteiger partial charge < -0.3 is 10.5 Å². The molecule has 0 aromatic heterocycles. The molecule has 0 amide bonds. The number of carbonyl (C=O) groups excluding carboxylic acids is 2. The normalized spacial score (nSPS) is 11.3. The molecule has 1 atom stereocenters. The van der Waals surface area contributed by atoms with E-state index < -0.39 is 12.0 Å². The molecule has 2 N–H and O–H groups in total. The summed E-state index contributed by atoms with van der Waals surface area (Å²) in [6.07, 6.45) is -0.131. The predicted molar refractivity (Wildman–Crippen MR) is 59.9 cm³/mol. The molecule has 5 heteroatoms. The Morgan fingerprint density at radius 2 is 2.00 bits per heavy atom. The highest BCUT2D eigenvalue weighted by Crippen LogP contribution is 2.05. The zero-order valence-corrected chi connectivity index (χ0v) is 9.13. The molecule has 0 aliphatic carbocycles. The molecule has 1 rings (SSSR count). The lowest BCUT2D eigenvalue weighted by Gasteiger charge is -2.08. The van der Waals surface area contributed by atoms with Crippen LogP contribution in [-0.4, -0.2) is 24.4 Å². The number of Topliss-reactive ketones (excluding diaryl/α,β-unsaturated/α-hetero) is 1. The minimum Gasteiger partial charge on any atom is -0.449 e. The minimum atomic E-state index is -1.03. The molecule has 1 aromatic rings. The fraction of sp³-hybridized carbons (Fsp3) is 0.250. The summed E-state index contributed by atoms with van der Waals surface area (Å²) in [5, 5.41) is 8.22. The summed E-state index contributed by atoms with van der Waals surface area (Å²) >= 11 is 0. The summed E-state index contributed by atoms with van der Waals surface area (Å²) in [7, 11) is 0. The highest BCUT2D eigenvalue weighted by Gasteiger charge is 2.19. The van der Waals surface area contributed by atoms with Crippen molar-refractivity contribution < 1.29 is 14.3 Å². The van der Waals surface area contributed by atoms with Crippen molar-refractivity contribution in [2.45, 2.75) is 12.5 Å². The van der Waals surface area contributed by atoms with Crippen LogP contribution in [0.4, 0.5) is 0 Å². The number of hydrogen-bond acceptors (Lipinski definition) is 5. The Balaban J connectivity index is 2.52. The van der Waals surface area contributed by atoms with Crippen molar-refractivity contribution in [2.24, 2.45) is 5.73 Å². The average Bonchev–Trinajstić information content (AvgIpc) is 2.36. The number of rotatable bonds is 5. The standard InChI is InChI=1S/C12H12N2O3/c13-6-7-17-12(16)10(14)8-11(15)9-4-2-1-3-5-9/h1-5,10H,7-8,14H2. The lowest BCUT2D eigenvalue weighted by atomic mass is 10.0. The molecule has 1 unspecified atom stereocenters. The van der Waals surface area contributed by atoms with Gasteiger partial charge in [-0.2, -0.15) is 5.26 Å². The quantitative estimate of drug-likeness (QED) is 0.594. The SMILES string of the molecule is N#CCOC(=O)C(N)CC(=O)c1ccccc1. The van der Waals surface area contributed by atoms with Gasteiger partial charge in [-0.05, 0) is 0 Å². The van der Waals surface area contributed by atoms with Gasteiger partial charge in [-0.15, -0.1) is 0 Å². The Kier molecular flexibility index (Phi) is 4.85. The van der Waals surface area contributed by atoms with Crippen molar-refractivity contribution >= 4 is 11.8 Å². The van der Waals surface area contributed by atoms with Crippen molar-refractivity contribution in [1.82, 2.24) is 0 Å². The summed E-state index contributed by atoms with van der Waals surface area (Å²) in [4.78, 5) is 22.9. The summed E-state index contributed by atoms with van der Waals surface area (Å²) < 4.78 is 4.51. The first-order valence-corrected chi connectivity index (χ1v) is 5.02. The van der Waals surface area contributed by atoms with Gasteiger partial charge in [0.1, 0.15) is 12.1 Å². The van der Waals surface area contributed by atoms with Crippen LogP contribution in [0.2, 0.25) is 0 Å². The predicted octanol–water partition coefficient (Wildman–Crippen LogP) is 0.653. The van der Waals surface area contributed by atoms with E-state index in [9.17, 15) is 9.59 Å². The van der Waals surface area contributed by atoms with E-state index in [1.165, 1.54) is 0 Å². The molecular formula is C12H12N2O3. The lowest BCUT2D eigenvalue weighted by Crippen LogP contribution is -2.34. The minimum absolute atomic E-state index is 0.131. The second-order valence-corrected chi connectivity index (χ2v) is 3.37. The van der Waals surface area contributed by atoms with Crippen LogP contribution in [0.1, 0.15) is 16.8 Å². The van der Waals surface area contributed by atoms with Gasteiger partial charge in [-0.1, -0.05) is 30.3 Å². The van der Waals surface area contributed by atoms with Gasteiger partial charge in [0.25, 0.3) is 0 Å². The van der Waals surface area contributed by atoms with Crippen molar-refractivity contribution in [3.8, 4) is 6.07 Å². The van der Waals surface area contributed by atoms with Crippen molar-refractivity contribution in [3.05, 3.63) is 35.9 Å². The molecule has 1 aromatic carbocycles. The number of hydrogen-bond donors (Lipinski definition) is 1. The Hall–Kier alpha value is -2.19. The number of nitriles is 1. The lowest BCUT2D eigenvalue weighted by molar-refractivity contribution is -0.143. The Morgan fingerprint density at radius 1 is 1.35 bits per heavy atom. The van der Waals surface area contributed by atoms with Crippen LogP contribution < -0.4 is 5.73 Å². The van der Waals surface area contributed by atoms with Crippen LogP contribution >= 0.6 is 0 Å². The smallest absolute Gasteiger partial charge is 0.324 e. The molecule has 0 aliphatic rings. The average molecular weight is 232 g/mol. The summed E-state index contributed by atoms with van der Waals surface area (Å²) in [5.74, 6) is -0.970. The van der Waals surface area contributed by atoms with Crippen LogP contribution in [0, 0.1) is 11.3 Å². The third kappa shape index (κ3) is 4.05. The Labute approximate surface area is 98.8 Å². The molecule has 0 spiro atoms. The van der Waals surface area contributed by atoms with E-state index in [1.807, 2.05) is 0 Å². The van der Waals surface area contributed by atoms with E-state index in [-0.39, 0.29) is 18.8 Å². The molecule has 0 bridgehead atoms. The number of benzene rings is 1. The number of nitrogens with zero attached hydrogens (tertiary/aromatic N) is 1. The molecule has 0 aliphatic heterocycles. The highest BCUT2D eigenvalue weighted by atomic mass is 16.5. The summed E-state index contributed by atoms with van der Waals surface area (Å²) in [6.45, 7) is -0.355. The van der Waals surface area contributed by atoms with E-state index in [2.05, 4.69) is 4.74 Å². The number of esters is 1. The van der Waals surface area contributed by atoms with Gasteiger partial charge in [0.2, 0.25) is 0 Å². The topological polar surface area (TPSA) is 93.2 Å². The van der Waals surface area contributed by atoms with E-state index in [0.717, 1.165) is 0 Å². The molecule has 0 saturated carbocycles. The number of carbonyl (C=O) groups is 2. The van der Waals surface area contributed by atoms with E-state index in [4.69, 9.17) is 11.0 Å². The third-order valence-corrected chi connectivity index (χ3v) is 2.08. The van der Waals surface area contributed by atoms with Gasteiger partial charge in [-0.25, -0.2) is 0 Å². The van der Waals surface area contributed by atoms with Gasteiger partial charge >= 0.3 is 5.97 Å². The maximum atomic E-state index is 11.7. The molecule has 17 heavy (non-hydrogen) atoms. The van der Waals surface area contributed by atoms with E-state index in [0.29, 0.717) is 5.56 Å². The Bertz CT molecular complexity index is 437. The fourth-order valence-electron chi connectivity index (χ4n) is 1.24. The van der Waals surface area contributed by atoms with Gasteiger partial charge in [0.05, 0.1) is 0 Å². The van der Waals surface area contributed by atoms with Crippen LogP contribution in [0.3, 0.4) is 0 Å².